The number of Topliss-reactive ketones (excluding diaryl/α,β-unsaturated/α-hetero) is 1. The van der Waals surface area contributed by atoms with Crippen molar-refractivity contribution in [3.05, 3.63) is 94.9 Å². The Kier molecular flexibility index (Phi) is 5.81. The fraction of sp³-hybridized carbons (Fsp3) is 0.120. The van der Waals surface area contributed by atoms with Gasteiger partial charge >= 0.3 is 5.69 Å². The van der Waals surface area contributed by atoms with Crippen LogP contribution < -0.4 is 15.9 Å². The first kappa shape index (κ1) is 21.0. The zero-order chi connectivity index (χ0) is 22.7. The number of para-hydroxylation sites is 2. The molecule has 0 bridgehead atoms. The third-order valence-corrected chi connectivity index (χ3v) is 5.21. The summed E-state index contributed by atoms with van der Waals surface area (Å²) < 4.78 is 1.36. The van der Waals surface area contributed by atoms with Crippen LogP contribution in [-0.2, 0) is 11.3 Å². The number of fused-ring (bicyclic) bond motifs is 1. The number of rotatable bonds is 6. The molecule has 1 N–H and O–H groups in total. The number of benzene rings is 3. The average molecular weight is 426 g/mol. The van der Waals surface area contributed by atoms with Gasteiger partial charge in [0.2, 0.25) is 5.91 Å². The molecule has 1 heterocycles. The lowest BCUT2D eigenvalue weighted by molar-refractivity contribution is -0.116. The summed E-state index contributed by atoms with van der Waals surface area (Å²) in [5, 5.41) is 3.52. The normalized spacial score (nSPS) is 10.7. The van der Waals surface area contributed by atoms with Gasteiger partial charge < -0.3 is 10.2 Å². The summed E-state index contributed by atoms with van der Waals surface area (Å²) in [6, 6.07) is 23.6. The molecule has 0 spiro atoms. The summed E-state index contributed by atoms with van der Waals surface area (Å²) in [5.74, 6) is 0.111. The second-order valence-corrected chi connectivity index (χ2v) is 7.40. The molecule has 7 heteroatoms. The smallest absolute Gasteiger partial charge is 0.329 e. The van der Waals surface area contributed by atoms with E-state index in [0.29, 0.717) is 22.6 Å². The highest BCUT2D eigenvalue weighted by molar-refractivity contribution is 5.96. The van der Waals surface area contributed by atoms with E-state index in [4.69, 9.17) is 0 Å². The monoisotopic (exact) mass is 426 g/mol. The van der Waals surface area contributed by atoms with E-state index in [9.17, 15) is 14.4 Å². The molecular weight excluding hydrogens is 404 g/mol. The van der Waals surface area contributed by atoms with Gasteiger partial charge in [-0.1, -0.05) is 30.3 Å². The summed E-state index contributed by atoms with van der Waals surface area (Å²) in [6.45, 7) is 1.30. The Balaban J connectivity index is 1.65. The Labute approximate surface area is 184 Å². The molecule has 4 rings (SSSR count). The molecule has 1 aromatic heterocycles. The molecule has 3 aromatic carbocycles. The van der Waals surface area contributed by atoms with Crippen molar-refractivity contribution in [2.75, 3.05) is 17.3 Å². The SMILES string of the molecule is CC(=O)c1ccc(NC(=O)Cn2c(=O)nc(N(C)c3ccccc3)c3ccccc32)cc1. The molecule has 1 amide bonds. The first-order valence-corrected chi connectivity index (χ1v) is 10.1. The lowest BCUT2D eigenvalue weighted by Crippen LogP contribution is -2.31. The molecule has 0 atom stereocenters. The minimum absolute atomic E-state index is 0.0486. The third-order valence-electron chi connectivity index (χ3n) is 5.21. The molecule has 0 saturated heterocycles. The highest BCUT2D eigenvalue weighted by Gasteiger charge is 2.16. The topological polar surface area (TPSA) is 84.3 Å². The van der Waals surface area contributed by atoms with Gasteiger partial charge in [-0.2, -0.15) is 4.98 Å². The van der Waals surface area contributed by atoms with Gasteiger partial charge in [0.25, 0.3) is 0 Å². The van der Waals surface area contributed by atoms with Gasteiger partial charge in [0, 0.05) is 29.4 Å². The van der Waals surface area contributed by atoms with Gasteiger partial charge in [-0.25, -0.2) is 4.79 Å². The third kappa shape index (κ3) is 4.27. The fourth-order valence-electron chi connectivity index (χ4n) is 3.53. The van der Waals surface area contributed by atoms with E-state index in [1.54, 1.807) is 30.3 Å². The lowest BCUT2D eigenvalue weighted by Gasteiger charge is -2.21. The molecule has 0 aliphatic heterocycles. The van der Waals surface area contributed by atoms with Gasteiger partial charge in [-0.3, -0.25) is 14.2 Å². The number of ketones is 1. The molecule has 32 heavy (non-hydrogen) atoms. The van der Waals surface area contributed by atoms with E-state index in [1.807, 2.05) is 60.5 Å². The molecule has 160 valence electrons. The standard InChI is InChI=1S/C25H22N4O3/c1-17(30)18-12-14-19(15-13-18)26-23(31)16-29-22-11-7-6-10-21(22)24(27-25(29)32)28(2)20-8-4-3-5-9-20/h3-15H,16H2,1-2H3,(H,26,31). The van der Waals surface area contributed by atoms with Crippen LogP contribution >= 0.6 is 0 Å². The maximum atomic E-state index is 12.9. The Bertz CT molecular complexity index is 1350. The van der Waals surface area contributed by atoms with E-state index in [-0.39, 0.29) is 18.2 Å². The van der Waals surface area contributed by atoms with Gasteiger partial charge in [0.05, 0.1) is 5.52 Å². The van der Waals surface area contributed by atoms with E-state index in [0.717, 1.165) is 11.1 Å². The molecule has 0 saturated carbocycles. The van der Waals surface area contributed by atoms with Crippen molar-refractivity contribution in [3.8, 4) is 0 Å². The van der Waals surface area contributed by atoms with Gasteiger partial charge in [-0.15, -0.1) is 0 Å². The Morgan fingerprint density at radius 1 is 0.938 bits per heavy atom. The second kappa shape index (κ2) is 8.85. The lowest BCUT2D eigenvalue weighted by atomic mass is 10.1. The van der Waals surface area contributed by atoms with E-state index in [1.165, 1.54) is 11.5 Å². The van der Waals surface area contributed by atoms with Gasteiger partial charge in [-0.05, 0) is 55.5 Å². The van der Waals surface area contributed by atoms with Crippen molar-refractivity contribution in [2.45, 2.75) is 13.5 Å². The first-order valence-electron chi connectivity index (χ1n) is 10.1. The summed E-state index contributed by atoms with van der Waals surface area (Å²) >= 11 is 0. The molecule has 0 fully saturated rings. The number of carbonyl (C=O) groups excluding carboxylic acids is 2. The van der Waals surface area contributed by atoms with E-state index < -0.39 is 5.69 Å². The second-order valence-electron chi connectivity index (χ2n) is 7.40. The molecule has 0 aliphatic carbocycles. The summed E-state index contributed by atoms with van der Waals surface area (Å²) in [4.78, 5) is 43.1. The highest BCUT2D eigenvalue weighted by atomic mass is 16.2. The molecular formula is C25H22N4O3. The minimum Gasteiger partial charge on any atom is -0.329 e. The number of anilines is 3. The molecule has 0 radical (unpaired) electrons. The van der Waals surface area contributed by atoms with Crippen molar-refractivity contribution < 1.29 is 9.59 Å². The van der Waals surface area contributed by atoms with Crippen LogP contribution in [0.3, 0.4) is 0 Å². The number of hydrogen-bond donors (Lipinski definition) is 1. The number of amides is 1. The maximum absolute atomic E-state index is 12.9. The van der Waals surface area contributed by atoms with Crippen molar-refractivity contribution in [1.82, 2.24) is 9.55 Å². The quantitative estimate of drug-likeness (QED) is 0.471. The number of aromatic nitrogens is 2. The molecule has 7 nitrogen and oxygen atoms in total. The number of hydrogen-bond acceptors (Lipinski definition) is 5. The van der Waals surface area contributed by atoms with Crippen LogP contribution in [0.1, 0.15) is 17.3 Å². The van der Waals surface area contributed by atoms with Crippen LogP contribution in [0.25, 0.3) is 10.9 Å². The number of nitrogens with zero attached hydrogens (tertiary/aromatic N) is 3. The minimum atomic E-state index is -0.511. The zero-order valence-corrected chi connectivity index (χ0v) is 17.8. The number of nitrogens with one attached hydrogen (secondary N) is 1. The van der Waals surface area contributed by atoms with Crippen molar-refractivity contribution in [1.29, 1.82) is 0 Å². The van der Waals surface area contributed by atoms with Crippen LogP contribution in [0.15, 0.2) is 83.7 Å². The van der Waals surface area contributed by atoms with Crippen molar-refractivity contribution in [2.24, 2.45) is 0 Å². The predicted molar refractivity (Wildman–Crippen MR) is 126 cm³/mol. The fourth-order valence-corrected chi connectivity index (χ4v) is 3.53. The van der Waals surface area contributed by atoms with Crippen LogP contribution in [0.2, 0.25) is 0 Å². The van der Waals surface area contributed by atoms with Crippen LogP contribution in [0.4, 0.5) is 17.2 Å². The van der Waals surface area contributed by atoms with E-state index in [2.05, 4.69) is 10.3 Å². The maximum Gasteiger partial charge on any atom is 0.350 e. The van der Waals surface area contributed by atoms with Crippen LogP contribution in [-0.4, -0.2) is 28.3 Å². The highest BCUT2D eigenvalue weighted by Crippen LogP contribution is 2.27. The summed E-state index contributed by atoms with van der Waals surface area (Å²) in [5.41, 5.74) is 2.11. The predicted octanol–water partition coefficient (Wildman–Crippen LogP) is 4.01. The van der Waals surface area contributed by atoms with Crippen molar-refractivity contribution >= 4 is 39.8 Å². The average Bonchev–Trinajstić information content (AvgIpc) is 2.81. The van der Waals surface area contributed by atoms with Crippen LogP contribution in [0.5, 0.6) is 0 Å². The van der Waals surface area contributed by atoms with Gasteiger partial charge in [0.15, 0.2) is 5.78 Å². The molecule has 4 aromatic rings. The van der Waals surface area contributed by atoms with Crippen molar-refractivity contribution in [3.63, 3.8) is 0 Å². The van der Waals surface area contributed by atoms with Gasteiger partial charge in [0.1, 0.15) is 12.4 Å². The summed E-state index contributed by atoms with van der Waals surface area (Å²) in [7, 11) is 1.85. The first-order chi connectivity index (χ1) is 15.4. The van der Waals surface area contributed by atoms with E-state index >= 15 is 0 Å². The Hall–Kier alpha value is -4.26. The Morgan fingerprint density at radius 3 is 2.28 bits per heavy atom. The largest absolute Gasteiger partial charge is 0.350 e. The number of carbonyl (C=O) groups is 2. The molecule has 0 aliphatic rings. The summed E-state index contributed by atoms with van der Waals surface area (Å²) in [6.07, 6.45) is 0. The Morgan fingerprint density at radius 2 is 1.59 bits per heavy atom. The molecule has 0 unspecified atom stereocenters. The van der Waals surface area contributed by atoms with Crippen LogP contribution in [0, 0.1) is 0 Å². The zero-order valence-electron chi connectivity index (χ0n) is 17.8.